The number of furan rings is 1. The van der Waals surface area contributed by atoms with E-state index < -0.39 is 5.97 Å². The van der Waals surface area contributed by atoms with Crippen molar-refractivity contribution >= 4 is 34.6 Å². The van der Waals surface area contributed by atoms with E-state index in [2.05, 4.69) is 15.5 Å². The van der Waals surface area contributed by atoms with E-state index in [0.717, 1.165) is 10.4 Å². The number of rotatable bonds is 8. The summed E-state index contributed by atoms with van der Waals surface area (Å²) in [5.41, 5.74) is 3.61. The minimum absolute atomic E-state index is 0.139. The Hall–Kier alpha value is -3.46. The predicted molar refractivity (Wildman–Crippen MR) is 104 cm³/mol. The van der Waals surface area contributed by atoms with Crippen LogP contribution in [-0.4, -0.2) is 29.7 Å². The van der Waals surface area contributed by atoms with Gasteiger partial charge in [-0.2, -0.15) is 5.10 Å². The van der Waals surface area contributed by atoms with Crippen LogP contribution in [0.4, 0.5) is 5.13 Å². The van der Waals surface area contributed by atoms with E-state index in [9.17, 15) is 9.59 Å². The quantitative estimate of drug-likeness (QED) is 0.268. The van der Waals surface area contributed by atoms with Crippen molar-refractivity contribution in [2.45, 2.75) is 13.3 Å². The molecule has 0 aliphatic heterocycles. The largest absolute Gasteiger partial charge is 0.466 e. The summed E-state index contributed by atoms with van der Waals surface area (Å²) in [5, 5.41) is 4.67. The van der Waals surface area contributed by atoms with Crippen molar-refractivity contribution in [2.75, 3.05) is 12.0 Å². The Balaban J connectivity index is 1.50. The highest BCUT2D eigenvalue weighted by Gasteiger charge is 2.11. The van der Waals surface area contributed by atoms with Gasteiger partial charge in [-0.05, 0) is 48.9 Å². The lowest BCUT2D eigenvalue weighted by Gasteiger charge is -2.02. The van der Waals surface area contributed by atoms with Crippen molar-refractivity contribution < 1.29 is 23.5 Å². The van der Waals surface area contributed by atoms with Crippen molar-refractivity contribution in [1.29, 1.82) is 0 Å². The highest BCUT2D eigenvalue weighted by Crippen LogP contribution is 2.19. The van der Waals surface area contributed by atoms with Crippen LogP contribution in [0.5, 0.6) is 5.75 Å². The number of hydrazone groups is 1. The first-order valence-electron chi connectivity index (χ1n) is 8.39. The number of aromatic nitrogens is 1. The van der Waals surface area contributed by atoms with Crippen molar-refractivity contribution in [3.8, 4) is 5.75 Å². The van der Waals surface area contributed by atoms with Gasteiger partial charge >= 0.3 is 11.9 Å². The third kappa shape index (κ3) is 5.52. The van der Waals surface area contributed by atoms with Crippen molar-refractivity contribution in [3.05, 3.63) is 65.1 Å². The highest BCUT2D eigenvalue weighted by molar-refractivity contribution is 7.15. The molecule has 2 aromatic heterocycles. The Morgan fingerprint density at radius 1 is 1.29 bits per heavy atom. The van der Waals surface area contributed by atoms with Gasteiger partial charge in [-0.1, -0.05) is 11.3 Å². The summed E-state index contributed by atoms with van der Waals surface area (Å²) in [4.78, 5) is 28.2. The molecule has 0 spiro atoms. The van der Waals surface area contributed by atoms with Gasteiger partial charge in [0.15, 0.2) is 0 Å². The second kappa shape index (κ2) is 9.47. The van der Waals surface area contributed by atoms with E-state index >= 15 is 0 Å². The maximum Gasteiger partial charge on any atom is 0.379 e. The minimum Gasteiger partial charge on any atom is -0.466 e. The van der Waals surface area contributed by atoms with E-state index in [1.807, 2.05) is 0 Å². The SMILES string of the molecule is CCOC(=O)Cc1cnc(N/N=C/c2ccc(OC(=O)c3ccco3)cc2)s1. The summed E-state index contributed by atoms with van der Waals surface area (Å²) in [6.45, 7) is 2.12. The lowest BCUT2D eigenvalue weighted by molar-refractivity contribution is -0.142. The van der Waals surface area contributed by atoms with Gasteiger partial charge in [-0.3, -0.25) is 10.2 Å². The molecule has 1 aromatic carbocycles. The van der Waals surface area contributed by atoms with Crippen LogP contribution in [0.1, 0.15) is 27.9 Å². The normalized spacial score (nSPS) is 10.8. The molecule has 0 saturated heterocycles. The highest BCUT2D eigenvalue weighted by atomic mass is 32.1. The Labute approximate surface area is 164 Å². The van der Waals surface area contributed by atoms with Gasteiger partial charge in [0.25, 0.3) is 0 Å². The Morgan fingerprint density at radius 3 is 2.82 bits per heavy atom. The standard InChI is InChI=1S/C19H17N3O5S/c1-2-25-17(23)10-15-12-20-19(28-15)22-21-11-13-5-7-14(8-6-13)27-18(24)16-4-3-9-26-16/h3-9,11-12H,2,10H2,1H3,(H,20,22)/b21-11+. The van der Waals surface area contributed by atoms with Crippen LogP contribution in [0.2, 0.25) is 0 Å². The van der Waals surface area contributed by atoms with Gasteiger partial charge in [0.1, 0.15) is 5.75 Å². The van der Waals surface area contributed by atoms with Gasteiger partial charge < -0.3 is 13.9 Å². The minimum atomic E-state index is -0.560. The topological polar surface area (TPSA) is 103 Å². The number of carbonyl (C=O) groups excluding carboxylic acids is 2. The fourth-order valence-corrected chi connectivity index (χ4v) is 2.88. The van der Waals surface area contributed by atoms with Crippen molar-refractivity contribution in [3.63, 3.8) is 0 Å². The first kappa shape index (κ1) is 19.3. The van der Waals surface area contributed by atoms with Crippen LogP contribution < -0.4 is 10.2 Å². The Kier molecular flexibility index (Phi) is 6.53. The smallest absolute Gasteiger partial charge is 0.379 e. The number of nitrogens with zero attached hydrogens (tertiary/aromatic N) is 2. The summed E-state index contributed by atoms with van der Waals surface area (Å²) >= 11 is 1.33. The van der Waals surface area contributed by atoms with Crippen LogP contribution >= 0.6 is 11.3 Å². The van der Waals surface area contributed by atoms with Crippen molar-refractivity contribution in [1.82, 2.24) is 4.98 Å². The lowest BCUT2D eigenvalue weighted by atomic mass is 10.2. The second-order valence-electron chi connectivity index (χ2n) is 5.42. The summed E-state index contributed by atoms with van der Waals surface area (Å²) in [6, 6.07) is 9.97. The van der Waals surface area contributed by atoms with Gasteiger partial charge in [0.2, 0.25) is 10.9 Å². The molecule has 0 aliphatic rings. The first-order chi connectivity index (χ1) is 13.6. The molecular formula is C19H17N3O5S. The van der Waals surface area contributed by atoms with E-state index in [-0.39, 0.29) is 18.2 Å². The average Bonchev–Trinajstić information content (AvgIpc) is 3.36. The zero-order chi connectivity index (χ0) is 19.8. The summed E-state index contributed by atoms with van der Waals surface area (Å²) in [7, 11) is 0. The van der Waals surface area contributed by atoms with E-state index in [0.29, 0.717) is 17.5 Å². The second-order valence-corrected chi connectivity index (χ2v) is 6.53. The zero-order valence-corrected chi connectivity index (χ0v) is 15.8. The number of carbonyl (C=O) groups is 2. The van der Waals surface area contributed by atoms with E-state index in [4.69, 9.17) is 13.9 Å². The van der Waals surface area contributed by atoms with Crippen molar-refractivity contribution in [2.24, 2.45) is 5.10 Å². The third-order valence-corrected chi connectivity index (χ3v) is 4.27. The Morgan fingerprint density at radius 2 is 2.11 bits per heavy atom. The van der Waals surface area contributed by atoms with Crippen LogP contribution in [0.25, 0.3) is 0 Å². The summed E-state index contributed by atoms with van der Waals surface area (Å²) < 4.78 is 15.1. The number of anilines is 1. The number of hydrogen-bond acceptors (Lipinski definition) is 9. The molecule has 0 unspecified atom stereocenters. The average molecular weight is 399 g/mol. The van der Waals surface area contributed by atoms with Gasteiger partial charge in [0.05, 0.1) is 25.5 Å². The molecule has 2 heterocycles. The number of nitrogens with one attached hydrogen (secondary N) is 1. The maximum absolute atomic E-state index is 11.8. The van der Waals surface area contributed by atoms with Crippen LogP contribution in [-0.2, 0) is 16.0 Å². The number of benzene rings is 1. The monoisotopic (exact) mass is 399 g/mol. The zero-order valence-electron chi connectivity index (χ0n) is 15.0. The molecule has 144 valence electrons. The fraction of sp³-hybridized carbons (Fsp3) is 0.158. The molecule has 0 radical (unpaired) electrons. The van der Waals surface area contributed by atoms with Gasteiger partial charge in [-0.25, -0.2) is 9.78 Å². The molecular weight excluding hydrogens is 382 g/mol. The molecule has 0 aliphatic carbocycles. The van der Waals surface area contributed by atoms with Gasteiger partial charge in [0, 0.05) is 11.1 Å². The number of thiazole rings is 1. The lowest BCUT2D eigenvalue weighted by Crippen LogP contribution is -2.07. The van der Waals surface area contributed by atoms with E-state index in [1.165, 1.54) is 23.7 Å². The summed E-state index contributed by atoms with van der Waals surface area (Å²) in [5.74, 6) is -0.305. The number of ether oxygens (including phenoxy) is 2. The molecule has 9 heteroatoms. The molecule has 3 aromatic rings. The Bertz CT molecular complexity index is 948. The molecule has 8 nitrogen and oxygen atoms in total. The molecule has 0 saturated carbocycles. The van der Waals surface area contributed by atoms with Gasteiger partial charge in [-0.15, -0.1) is 0 Å². The van der Waals surface area contributed by atoms with E-state index in [1.54, 1.807) is 49.7 Å². The molecule has 3 rings (SSSR count). The molecule has 1 N–H and O–H groups in total. The number of esters is 2. The molecule has 0 amide bonds. The molecule has 0 fully saturated rings. The third-order valence-electron chi connectivity index (χ3n) is 3.36. The molecule has 28 heavy (non-hydrogen) atoms. The predicted octanol–water partition coefficient (Wildman–Crippen LogP) is 3.51. The number of hydrogen-bond donors (Lipinski definition) is 1. The van der Waals surface area contributed by atoms with Crippen LogP contribution in [0.3, 0.4) is 0 Å². The maximum atomic E-state index is 11.8. The molecule has 0 bridgehead atoms. The fourth-order valence-electron chi connectivity index (χ4n) is 2.13. The van der Waals surface area contributed by atoms with Crippen LogP contribution in [0, 0.1) is 0 Å². The molecule has 0 atom stereocenters. The summed E-state index contributed by atoms with van der Waals surface area (Å²) in [6.07, 6.45) is 4.81. The first-order valence-corrected chi connectivity index (χ1v) is 9.21. The van der Waals surface area contributed by atoms with Crippen LogP contribution in [0.15, 0.2) is 58.4 Å².